The lowest BCUT2D eigenvalue weighted by Crippen LogP contribution is -2.43. The van der Waals surface area contributed by atoms with Crippen LogP contribution in [0.5, 0.6) is 0 Å². The Morgan fingerprint density at radius 2 is 1.87 bits per heavy atom. The Labute approximate surface area is 197 Å². The number of amides is 1. The van der Waals surface area contributed by atoms with Crippen LogP contribution in [0.25, 0.3) is 0 Å². The van der Waals surface area contributed by atoms with Crippen molar-refractivity contribution in [2.75, 3.05) is 13.2 Å². The fourth-order valence-electron chi connectivity index (χ4n) is 3.94. The number of carbonyl (C=O) groups is 1. The first-order valence-electron chi connectivity index (χ1n) is 9.90. The first kappa shape index (κ1) is 23.6. The lowest BCUT2D eigenvalue weighted by atomic mass is 9.68. The van der Waals surface area contributed by atoms with Gasteiger partial charge in [0.05, 0.1) is 21.2 Å². The van der Waals surface area contributed by atoms with Gasteiger partial charge in [-0.1, -0.05) is 90.6 Å². The van der Waals surface area contributed by atoms with E-state index in [-0.39, 0.29) is 37.4 Å². The monoisotopic (exact) mass is 488 g/mol. The summed E-state index contributed by atoms with van der Waals surface area (Å²) in [6.45, 7) is 5.50. The van der Waals surface area contributed by atoms with E-state index in [9.17, 15) is 4.79 Å². The SMILES string of the molecule is CC(C)[C@@H]1C[C@@](CCNC(=O)c2nc(Cl)c(Cl)c(Cl)c2Cl)(c2ccccc2)CCO1. The maximum absolute atomic E-state index is 12.7. The molecule has 2 atom stereocenters. The summed E-state index contributed by atoms with van der Waals surface area (Å²) in [5.41, 5.74) is 1.16. The minimum absolute atomic E-state index is 0.00715. The summed E-state index contributed by atoms with van der Waals surface area (Å²) in [6.07, 6.45) is 2.75. The molecule has 4 nitrogen and oxygen atoms in total. The smallest absolute Gasteiger partial charge is 0.271 e. The van der Waals surface area contributed by atoms with E-state index in [0.717, 1.165) is 19.3 Å². The quantitative estimate of drug-likeness (QED) is 0.465. The first-order chi connectivity index (χ1) is 14.2. The Hall–Kier alpha value is -1.04. The molecular weight excluding hydrogens is 466 g/mol. The molecule has 0 unspecified atom stereocenters. The first-order valence-corrected chi connectivity index (χ1v) is 11.4. The van der Waals surface area contributed by atoms with E-state index < -0.39 is 5.91 Å². The molecule has 2 aromatic rings. The molecule has 1 amide bonds. The molecule has 0 saturated carbocycles. The summed E-state index contributed by atoms with van der Waals surface area (Å²) in [4.78, 5) is 16.7. The van der Waals surface area contributed by atoms with Crippen LogP contribution in [0, 0.1) is 5.92 Å². The van der Waals surface area contributed by atoms with Gasteiger partial charge in [-0.3, -0.25) is 4.79 Å². The average Bonchev–Trinajstić information content (AvgIpc) is 2.75. The Morgan fingerprint density at radius 3 is 2.53 bits per heavy atom. The summed E-state index contributed by atoms with van der Waals surface area (Å²) in [5.74, 6) is -0.0134. The van der Waals surface area contributed by atoms with Crippen molar-refractivity contribution in [2.45, 2.75) is 44.6 Å². The van der Waals surface area contributed by atoms with Gasteiger partial charge in [0.25, 0.3) is 5.91 Å². The molecule has 0 aliphatic carbocycles. The number of carbonyl (C=O) groups excluding carboxylic acids is 1. The fraction of sp³-hybridized carbons (Fsp3) is 0.455. The Balaban J connectivity index is 1.77. The molecule has 0 spiro atoms. The molecule has 2 heterocycles. The molecule has 162 valence electrons. The number of nitrogens with zero attached hydrogens (tertiary/aromatic N) is 1. The van der Waals surface area contributed by atoms with Crippen molar-refractivity contribution >= 4 is 52.3 Å². The standard InChI is InChI=1S/C22H24Cl4N2O2/c1-13(2)15-12-22(9-11-30-15,14-6-4-3-5-7-14)8-10-27-21(29)19-17(24)16(23)18(25)20(26)28-19/h3-7,13,15H,8-12H2,1-2H3,(H,27,29)/t15-,22-/m0/s1. The third kappa shape index (κ3) is 5.05. The molecular formula is C22H24Cl4N2O2. The molecule has 0 radical (unpaired) electrons. The van der Waals surface area contributed by atoms with E-state index >= 15 is 0 Å². The van der Waals surface area contributed by atoms with Gasteiger partial charge in [-0.2, -0.15) is 0 Å². The minimum atomic E-state index is -0.434. The number of nitrogens with one attached hydrogen (secondary N) is 1. The number of halogens is 4. The van der Waals surface area contributed by atoms with E-state index in [1.807, 2.05) is 6.07 Å². The van der Waals surface area contributed by atoms with Crippen LogP contribution >= 0.6 is 46.4 Å². The summed E-state index contributed by atoms with van der Waals surface area (Å²) >= 11 is 24.1. The number of hydrogen-bond donors (Lipinski definition) is 1. The van der Waals surface area contributed by atoms with Crippen molar-refractivity contribution in [2.24, 2.45) is 5.92 Å². The second-order valence-electron chi connectivity index (χ2n) is 7.95. The number of benzene rings is 1. The van der Waals surface area contributed by atoms with Gasteiger partial charge >= 0.3 is 0 Å². The number of pyridine rings is 1. The second-order valence-corrected chi connectivity index (χ2v) is 9.44. The lowest BCUT2D eigenvalue weighted by Gasteiger charge is -2.43. The van der Waals surface area contributed by atoms with Gasteiger partial charge < -0.3 is 10.1 Å². The molecule has 0 bridgehead atoms. The molecule has 1 aliphatic heterocycles. The predicted molar refractivity (Wildman–Crippen MR) is 123 cm³/mol. The van der Waals surface area contributed by atoms with Crippen molar-refractivity contribution in [3.63, 3.8) is 0 Å². The summed E-state index contributed by atoms with van der Waals surface area (Å²) < 4.78 is 6.01. The highest BCUT2D eigenvalue weighted by atomic mass is 35.5. The highest BCUT2D eigenvalue weighted by Crippen LogP contribution is 2.42. The lowest BCUT2D eigenvalue weighted by molar-refractivity contribution is -0.0468. The third-order valence-electron chi connectivity index (χ3n) is 5.72. The number of hydrogen-bond acceptors (Lipinski definition) is 3. The van der Waals surface area contributed by atoms with E-state index in [4.69, 9.17) is 51.1 Å². The predicted octanol–water partition coefficient (Wildman–Crippen LogP) is 6.59. The molecule has 3 rings (SSSR count). The van der Waals surface area contributed by atoms with Crippen molar-refractivity contribution in [3.05, 3.63) is 61.8 Å². The Bertz CT molecular complexity index is 908. The van der Waals surface area contributed by atoms with Gasteiger partial charge in [-0.25, -0.2) is 4.98 Å². The molecule has 1 aromatic carbocycles. The molecule has 1 saturated heterocycles. The maximum atomic E-state index is 12.7. The van der Waals surface area contributed by atoms with Crippen LogP contribution in [0.2, 0.25) is 20.2 Å². The molecule has 8 heteroatoms. The normalized spacial score (nSPS) is 21.6. The van der Waals surface area contributed by atoms with Crippen molar-refractivity contribution in [1.82, 2.24) is 10.3 Å². The maximum Gasteiger partial charge on any atom is 0.271 e. The van der Waals surface area contributed by atoms with Gasteiger partial charge in [0.2, 0.25) is 0 Å². The summed E-state index contributed by atoms with van der Waals surface area (Å²) in [6, 6.07) is 10.4. The highest BCUT2D eigenvalue weighted by Gasteiger charge is 2.39. The van der Waals surface area contributed by atoms with Gasteiger partial charge in [-0.05, 0) is 30.7 Å². The van der Waals surface area contributed by atoms with Crippen LogP contribution in [0.1, 0.15) is 49.2 Å². The van der Waals surface area contributed by atoms with Gasteiger partial charge in [0, 0.05) is 18.6 Å². The summed E-state index contributed by atoms with van der Waals surface area (Å²) in [7, 11) is 0. The van der Waals surface area contributed by atoms with E-state index in [1.54, 1.807) is 0 Å². The zero-order chi connectivity index (χ0) is 21.9. The number of ether oxygens (including phenoxy) is 1. The third-order valence-corrected chi connectivity index (χ3v) is 7.40. The van der Waals surface area contributed by atoms with Gasteiger partial charge in [-0.15, -0.1) is 0 Å². The number of rotatable bonds is 6. The zero-order valence-electron chi connectivity index (χ0n) is 16.9. The van der Waals surface area contributed by atoms with Crippen molar-refractivity contribution < 1.29 is 9.53 Å². The van der Waals surface area contributed by atoms with Crippen molar-refractivity contribution in [1.29, 1.82) is 0 Å². The second kappa shape index (κ2) is 10.1. The molecule has 1 N–H and O–H groups in total. The topological polar surface area (TPSA) is 51.2 Å². The van der Waals surface area contributed by atoms with E-state index in [1.165, 1.54) is 5.56 Å². The van der Waals surface area contributed by atoms with Crippen LogP contribution in [0.15, 0.2) is 30.3 Å². The van der Waals surface area contributed by atoms with Gasteiger partial charge in [0.15, 0.2) is 0 Å². The highest BCUT2D eigenvalue weighted by molar-refractivity contribution is 6.52. The minimum Gasteiger partial charge on any atom is -0.378 e. The average molecular weight is 490 g/mol. The largest absolute Gasteiger partial charge is 0.378 e. The van der Waals surface area contributed by atoms with Gasteiger partial charge in [0.1, 0.15) is 10.8 Å². The van der Waals surface area contributed by atoms with Crippen LogP contribution in [0.4, 0.5) is 0 Å². The fourth-order valence-corrected chi connectivity index (χ4v) is 4.76. The van der Waals surface area contributed by atoms with Crippen LogP contribution in [-0.2, 0) is 10.2 Å². The van der Waals surface area contributed by atoms with Crippen LogP contribution in [-0.4, -0.2) is 30.1 Å². The molecule has 1 aromatic heterocycles. The summed E-state index contributed by atoms with van der Waals surface area (Å²) in [5, 5.41) is 2.90. The molecule has 1 fully saturated rings. The van der Waals surface area contributed by atoms with Crippen LogP contribution < -0.4 is 5.32 Å². The van der Waals surface area contributed by atoms with E-state index in [0.29, 0.717) is 19.1 Å². The Kier molecular flexibility index (Phi) is 7.92. The Morgan fingerprint density at radius 1 is 1.17 bits per heavy atom. The molecule has 30 heavy (non-hydrogen) atoms. The van der Waals surface area contributed by atoms with E-state index in [2.05, 4.69) is 48.4 Å². The zero-order valence-corrected chi connectivity index (χ0v) is 19.9. The number of aromatic nitrogens is 1. The van der Waals surface area contributed by atoms with Crippen molar-refractivity contribution in [3.8, 4) is 0 Å². The van der Waals surface area contributed by atoms with Crippen LogP contribution in [0.3, 0.4) is 0 Å². The molecule has 1 aliphatic rings.